The smallest absolute Gasteiger partial charge is 0.391 e. The molecule has 1 aliphatic carbocycles. The van der Waals surface area contributed by atoms with Crippen LogP contribution in [0.5, 0.6) is 0 Å². The highest BCUT2D eigenvalue weighted by molar-refractivity contribution is 6.22. The molecule has 1 aromatic carbocycles. The van der Waals surface area contributed by atoms with E-state index in [0.717, 1.165) is 0 Å². The lowest BCUT2D eigenvalue weighted by Gasteiger charge is -2.14. The summed E-state index contributed by atoms with van der Waals surface area (Å²) < 4.78 is 78.0. The van der Waals surface area contributed by atoms with Gasteiger partial charge in [0.15, 0.2) is 0 Å². The van der Waals surface area contributed by atoms with Crippen LogP contribution in [0.15, 0.2) is 47.3 Å². The van der Waals surface area contributed by atoms with Gasteiger partial charge in [-0.2, -0.15) is 26.3 Å². The molecule has 0 fully saturated rings. The first-order valence-corrected chi connectivity index (χ1v) is 9.20. The third kappa shape index (κ3) is 5.56. The van der Waals surface area contributed by atoms with E-state index in [1.165, 1.54) is 0 Å². The number of nitrogens with zero attached hydrogens (tertiary/aromatic N) is 1. The highest BCUT2D eigenvalue weighted by Crippen LogP contribution is 2.37. The minimum absolute atomic E-state index is 0.0433. The maximum absolute atomic E-state index is 13.0. The number of alkyl halides is 7. The van der Waals surface area contributed by atoms with Gasteiger partial charge in [0.1, 0.15) is 6.10 Å². The molecule has 4 nitrogen and oxygen atoms in total. The fourth-order valence-corrected chi connectivity index (χ4v) is 3.10. The highest BCUT2D eigenvalue weighted by Gasteiger charge is 2.38. The van der Waals surface area contributed by atoms with E-state index in [2.05, 4.69) is 10.5 Å². The van der Waals surface area contributed by atoms with Crippen LogP contribution in [0, 0.1) is 0 Å². The van der Waals surface area contributed by atoms with Crippen molar-refractivity contribution >= 4 is 23.2 Å². The van der Waals surface area contributed by atoms with Crippen molar-refractivity contribution in [3.63, 3.8) is 0 Å². The van der Waals surface area contributed by atoms with Gasteiger partial charge in [-0.3, -0.25) is 4.79 Å². The van der Waals surface area contributed by atoms with Gasteiger partial charge in [-0.25, -0.2) is 0 Å². The molecule has 1 amide bonds. The SMILES string of the molecule is O=C(CC1CC(c2cc(C(F)(F)F)cc(C(F)(F)F)c2)=NO1)NC1=CCC(Cl)C=C1. The van der Waals surface area contributed by atoms with Crippen LogP contribution in [0.25, 0.3) is 0 Å². The first-order chi connectivity index (χ1) is 13.9. The average molecular weight is 453 g/mol. The van der Waals surface area contributed by atoms with Gasteiger partial charge >= 0.3 is 12.4 Å². The predicted octanol–water partition coefficient (Wildman–Crippen LogP) is 5.17. The van der Waals surface area contributed by atoms with Crippen molar-refractivity contribution in [1.82, 2.24) is 5.32 Å². The van der Waals surface area contributed by atoms with Gasteiger partial charge in [0, 0.05) is 17.7 Å². The van der Waals surface area contributed by atoms with E-state index in [0.29, 0.717) is 24.3 Å². The molecule has 30 heavy (non-hydrogen) atoms. The number of benzene rings is 1. The standard InChI is InChI=1S/C19H15ClF6N2O2/c20-13-1-3-14(4-2-13)27-17(29)9-15-8-16(28-30-15)10-5-11(18(21,22)23)7-12(6-10)19(24,25)26/h1,3-7,13,15H,2,8-9H2,(H,27,29). The quantitative estimate of drug-likeness (QED) is 0.506. The van der Waals surface area contributed by atoms with E-state index in [-0.39, 0.29) is 35.6 Å². The molecule has 162 valence electrons. The molecule has 0 bridgehead atoms. The van der Waals surface area contributed by atoms with Crippen molar-refractivity contribution < 1.29 is 36.0 Å². The minimum atomic E-state index is -4.96. The number of amides is 1. The summed E-state index contributed by atoms with van der Waals surface area (Å²) >= 11 is 5.89. The molecule has 1 aromatic rings. The predicted molar refractivity (Wildman–Crippen MR) is 96.7 cm³/mol. The second-order valence-electron chi connectivity index (χ2n) is 6.79. The van der Waals surface area contributed by atoms with Crippen molar-refractivity contribution in [1.29, 1.82) is 0 Å². The number of rotatable bonds is 4. The largest absolute Gasteiger partial charge is 0.416 e. The Morgan fingerprint density at radius 2 is 1.77 bits per heavy atom. The first kappa shape index (κ1) is 22.2. The van der Waals surface area contributed by atoms with Gasteiger partial charge in [0.05, 0.1) is 28.6 Å². The Labute approximate surface area is 172 Å². The molecule has 11 heteroatoms. The average Bonchev–Trinajstić information content (AvgIpc) is 3.10. The van der Waals surface area contributed by atoms with Gasteiger partial charge < -0.3 is 10.2 Å². The molecule has 1 N–H and O–H groups in total. The van der Waals surface area contributed by atoms with E-state index < -0.39 is 35.5 Å². The summed E-state index contributed by atoms with van der Waals surface area (Å²) in [6.07, 6.45) is -5.40. The molecule has 3 rings (SSSR count). The number of allylic oxidation sites excluding steroid dienone is 3. The summed E-state index contributed by atoms with van der Waals surface area (Å²) in [4.78, 5) is 17.2. The number of hydrogen-bond donors (Lipinski definition) is 1. The molecule has 0 saturated carbocycles. The molecule has 0 radical (unpaired) electrons. The summed E-state index contributed by atoms with van der Waals surface area (Å²) in [6.45, 7) is 0. The van der Waals surface area contributed by atoms with Crippen molar-refractivity contribution in [2.24, 2.45) is 5.16 Å². The molecular weight excluding hydrogens is 438 g/mol. The van der Waals surface area contributed by atoms with Crippen molar-refractivity contribution in [3.05, 3.63) is 58.8 Å². The Bertz CT molecular complexity index is 888. The highest BCUT2D eigenvalue weighted by atomic mass is 35.5. The molecule has 1 aliphatic heterocycles. The van der Waals surface area contributed by atoms with Gasteiger partial charge in [-0.05, 0) is 30.7 Å². The number of oxime groups is 1. The topological polar surface area (TPSA) is 50.7 Å². The molecule has 0 aromatic heterocycles. The number of carbonyl (C=O) groups is 1. The first-order valence-electron chi connectivity index (χ1n) is 8.76. The summed E-state index contributed by atoms with van der Waals surface area (Å²) in [7, 11) is 0. The van der Waals surface area contributed by atoms with Gasteiger partial charge in [-0.15, -0.1) is 11.6 Å². The molecule has 2 unspecified atom stereocenters. The van der Waals surface area contributed by atoms with Crippen LogP contribution >= 0.6 is 11.6 Å². The van der Waals surface area contributed by atoms with Crippen molar-refractivity contribution in [2.75, 3.05) is 0 Å². The number of nitrogens with one attached hydrogen (secondary N) is 1. The summed E-state index contributed by atoms with van der Waals surface area (Å²) in [5, 5.41) is 6.07. The zero-order valence-corrected chi connectivity index (χ0v) is 15.9. The summed E-state index contributed by atoms with van der Waals surface area (Å²) in [5.41, 5.74) is -2.78. The Balaban J connectivity index is 1.68. The maximum atomic E-state index is 13.0. The molecule has 0 spiro atoms. The van der Waals surface area contributed by atoms with Crippen LogP contribution < -0.4 is 5.32 Å². The van der Waals surface area contributed by atoms with E-state index in [4.69, 9.17) is 16.4 Å². The molecular formula is C19H15ClF6N2O2. The van der Waals surface area contributed by atoms with Crippen molar-refractivity contribution in [3.8, 4) is 0 Å². The van der Waals surface area contributed by atoms with Crippen LogP contribution in [0.2, 0.25) is 0 Å². The lowest BCUT2D eigenvalue weighted by atomic mass is 9.98. The van der Waals surface area contributed by atoms with E-state index in [1.54, 1.807) is 18.2 Å². The Hall–Kier alpha value is -2.49. The fraction of sp³-hybridized carbons (Fsp3) is 0.368. The summed E-state index contributed by atoms with van der Waals surface area (Å²) in [5.74, 6) is -0.430. The van der Waals surface area contributed by atoms with Crippen LogP contribution in [-0.4, -0.2) is 23.1 Å². The third-order valence-electron chi connectivity index (χ3n) is 4.40. The zero-order chi connectivity index (χ0) is 22.1. The lowest BCUT2D eigenvalue weighted by Crippen LogP contribution is -2.27. The Morgan fingerprint density at radius 3 is 2.30 bits per heavy atom. The lowest BCUT2D eigenvalue weighted by molar-refractivity contribution is -0.143. The Kier molecular flexibility index (Phi) is 6.16. The van der Waals surface area contributed by atoms with Crippen LogP contribution in [-0.2, 0) is 22.0 Å². The van der Waals surface area contributed by atoms with E-state index in [1.807, 2.05) is 0 Å². The maximum Gasteiger partial charge on any atom is 0.416 e. The Morgan fingerprint density at radius 1 is 1.13 bits per heavy atom. The molecule has 2 atom stereocenters. The second-order valence-corrected chi connectivity index (χ2v) is 7.35. The minimum Gasteiger partial charge on any atom is -0.391 e. The van der Waals surface area contributed by atoms with Gasteiger partial charge in [0.2, 0.25) is 5.91 Å². The second kappa shape index (κ2) is 8.33. The number of halogens is 7. The van der Waals surface area contributed by atoms with Crippen LogP contribution in [0.3, 0.4) is 0 Å². The number of carbonyl (C=O) groups excluding carboxylic acids is 1. The van der Waals surface area contributed by atoms with Gasteiger partial charge in [0.25, 0.3) is 0 Å². The van der Waals surface area contributed by atoms with Gasteiger partial charge in [-0.1, -0.05) is 17.3 Å². The van der Waals surface area contributed by atoms with Crippen LogP contribution in [0.1, 0.15) is 36.0 Å². The normalized spacial score (nSPS) is 21.7. The molecule has 0 saturated heterocycles. The fourth-order valence-electron chi connectivity index (χ4n) is 2.94. The summed E-state index contributed by atoms with van der Waals surface area (Å²) in [6, 6.07) is 1.21. The monoisotopic (exact) mass is 452 g/mol. The van der Waals surface area contributed by atoms with E-state index in [9.17, 15) is 31.1 Å². The van der Waals surface area contributed by atoms with Crippen LogP contribution in [0.4, 0.5) is 26.3 Å². The molecule has 1 heterocycles. The third-order valence-corrected chi connectivity index (χ3v) is 4.72. The number of hydrogen-bond acceptors (Lipinski definition) is 3. The zero-order valence-electron chi connectivity index (χ0n) is 15.1. The van der Waals surface area contributed by atoms with E-state index >= 15 is 0 Å². The molecule has 2 aliphatic rings. The van der Waals surface area contributed by atoms with Crippen molar-refractivity contribution in [2.45, 2.75) is 43.1 Å².